The van der Waals surface area contributed by atoms with Crippen molar-refractivity contribution in [2.45, 2.75) is 93.4 Å². The molecule has 0 bridgehead atoms. The lowest BCUT2D eigenvalue weighted by atomic mass is 9.94. The van der Waals surface area contributed by atoms with Crippen molar-refractivity contribution >= 4 is 46.3 Å². The number of carbonyl (C=O) groups excluding carboxylic acids is 4. The first-order valence-electron chi connectivity index (χ1n) is 22.0. The summed E-state index contributed by atoms with van der Waals surface area (Å²) in [5.41, 5.74) is 4.43. The minimum absolute atomic E-state index is 0.157. The van der Waals surface area contributed by atoms with Gasteiger partial charge in [0.1, 0.15) is 22.1 Å². The molecule has 4 amide bonds. The van der Waals surface area contributed by atoms with E-state index < -0.39 is 22.9 Å². The summed E-state index contributed by atoms with van der Waals surface area (Å²) in [5.74, 6) is -0.683. The molecule has 6 rings (SSSR count). The first kappa shape index (κ1) is 47.5. The number of carbonyl (C=O) groups is 4. The molecule has 0 spiro atoms. The quantitative estimate of drug-likeness (QED) is 0.0939. The highest BCUT2D eigenvalue weighted by Crippen LogP contribution is 2.33. The predicted molar refractivity (Wildman–Crippen MR) is 259 cm³/mol. The van der Waals surface area contributed by atoms with Gasteiger partial charge in [-0.25, -0.2) is 9.97 Å². The summed E-state index contributed by atoms with van der Waals surface area (Å²) in [6, 6.07) is 34.0. The third-order valence-corrected chi connectivity index (χ3v) is 12.8. The number of rotatable bonds is 17. The molecule has 64 heavy (non-hydrogen) atoms. The van der Waals surface area contributed by atoms with Crippen molar-refractivity contribution in [3.05, 3.63) is 143 Å². The van der Waals surface area contributed by atoms with Crippen LogP contribution in [0.1, 0.15) is 101 Å². The molecule has 0 fully saturated rings. The van der Waals surface area contributed by atoms with E-state index in [1.807, 2.05) is 128 Å². The van der Waals surface area contributed by atoms with Crippen molar-refractivity contribution in [1.29, 1.82) is 0 Å². The molecule has 334 valence electrons. The largest absolute Gasteiger partial charge is 0.340 e. The van der Waals surface area contributed by atoms with Crippen molar-refractivity contribution in [1.82, 2.24) is 30.4 Å². The zero-order valence-electron chi connectivity index (χ0n) is 38.2. The van der Waals surface area contributed by atoms with Crippen molar-refractivity contribution in [2.75, 3.05) is 13.1 Å². The number of hydrogen-bond acceptors (Lipinski definition) is 8. The zero-order chi connectivity index (χ0) is 46.0. The Morgan fingerprint density at radius 1 is 0.516 bits per heavy atom. The Morgan fingerprint density at radius 3 is 1.16 bits per heavy atom. The van der Waals surface area contributed by atoms with E-state index in [1.54, 1.807) is 32.5 Å². The van der Waals surface area contributed by atoms with E-state index in [9.17, 15) is 19.2 Å². The van der Waals surface area contributed by atoms with Crippen LogP contribution in [0.25, 0.3) is 32.0 Å². The Morgan fingerprint density at radius 2 is 0.844 bits per heavy atom. The summed E-state index contributed by atoms with van der Waals surface area (Å²) in [6.07, 6.45) is 5.26. The first-order valence-corrected chi connectivity index (χ1v) is 23.6. The number of thiazole rings is 2. The molecular formula is C52H60N6O4S2. The number of amides is 4. The van der Waals surface area contributed by atoms with E-state index in [4.69, 9.17) is 9.97 Å². The van der Waals surface area contributed by atoms with Crippen LogP contribution in [0.15, 0.2) is 122 Å². The minimum atomic E-state index is -0.798. The fourth-order valence-electron chi connectivity index (χ4n) is 7.01. The molecule has 2 N–H and O–H groups in total. The number of nitrogens with zero attached hydrogens (tertiary/aromatic N) is 4. The highest BCUT2D eigenvalue weighted by Gasteiger charge is 2.33. The van der Waals surface area contributed by atoms with Crippen LogP contribution in [-0.4, -0.2) is 56.5 Å². The predicted octanol–water partition coefficient (Wildman–Crippen LogP) is 10.9. The first-order chi connectivity index (χ1) is 30.5. The van der Waals surface area contributed by atoms with Crippen molar-refractivity contribution < 1.29 is 19.2 Å². The molecule has 0 aliphatic rings. The summed E-state index contributed by atoms with van der Waals surface area (Å²) in [7, 11) is 0. The summed E-state index contributed by atoms with van der Waals surface area (Å²) >= 11 is 3.12. The molecule has 6 aromatic rings. The second kappa shape index (κ2) is 21.1. The molecule has 10 nitrogen and oxygen atoms in total. The van der Waals surface area contributed by atoms with Crippen molar-refractivity contribution in [3.63, 3.8) is 0 Å². The van der Waals surface area contributed by atoms with Crippen LogP contribution >= 0.6 is 22.7 Å². The molecule has 0 aliphatic heterocycles. The zero-order valence-corrected chi connectivity index (χ0v) is 39.8. The fraction of sp³-hybridized carbons (Fsp3) is 0.346. The molecule has 0 saturated heterocycles. The molecule has 0 radical (unpaired) electrons. The molecule has 0 saturated carbocycles. The van der Waals surface area contributed by atoms with Crippen LogP contribution in [0.4, 0.5) is 0 Å². The van der Waals surface area contributed by atoms with Gasteiger partial charge >= 0.3 is 0 Å². The monoisotopic (exact) mass is 896 g/mol. The SMILES string of the molecule is CCCN(Cc1ncc(-c2ccc(-c3ccc(-c4cnc(CN(CCC)C(=O)C(NC(=O)C(C)(C)C)c5ccccc5)s4)cc3)cc2)s1)C(=O)C(NC(=O)C(C)(C)C)c1ccccc1. The maximum Gasteiger partial charge on any atom is 0.250 e. The number of hydrogen-bond donors (Lipinski definition) is 2. The minimum Gasteiger partial charge on any atom is -0.340 e. The Kier molecular flexibility index (Phi) is 15.7. The normalized spacial score (nSPS) is 12.6. The molecule has 4 aromatic carbocycles. The fourth-order valence-corrected chi connectivity index (χ4v) is 8.89. The summed E-state index contributed by atoms with van der Waals surface area (Å²) in [5, 5.41) is 7.68. The summed E-state index contributed by atoms with van der Waals surface area (Å²) in [4.78, 5) is 69.4. The van der Waals surface area contributed by atoms with Gasteiger partial charge in [-0.05, 0) is 46.2 Å². The maximum atomic E-state index is 14.1. The number of nitrogens with one attached hydrogen (secondary N) is 2. The molecule has 12 heteroatoms. The lowest BCUT2D eigenvalue weighted by Crippen LogP contribution is -2.46. The topological polar surface area (TPSA) is 125 Å². The van der Waals surface area contributed by atoms with E-state index >= 15 is 0 Å². The van der Waals surface area contributed by atoms with E-state index in [2.05, 4.69) is 59.2 Å². The van der Waals surface area contributed by atoms with Gasteiger partial charge in [-0.1, -0.05) is 165 Å². The maximum absolute atomic E-state index is 14.1. The van der Waals surface area contributed by atoms with Gasteiger partial charge in [0.15, 0.2) is 0 Å². The van der Waals surface area contributed by atoms with Crippen molar-refractivity contribution in [2.24, 2.45) is 10.8 Å². The van der Waals surface area contributed by atoms with Crippen LogP contribution in [0, 0.1) is 10.8 Å². The van der Waals surface area contributed by atoms with Gasteiger partial charge in [-0.2, -0.15) is 0 Å². The van der Waals surface area contributed by atoms with Crippen molar-refractivity contribution in [3.8, 4) is 32.0 Å². The van der Waals surface area contributed by atoms with Gasteiger partial charge in [0.05, 0.1) is 22.8 Å². The molecule has 2 unspecified atom stereocenters. The van der Waals surface area contributed by atoms with E-state index in [-0.39, 0.29) is 23.6 Å². The van der Waals surface area contributed by atoms with E-state index in [1.165, 1.54) is 0 Å². The average Bonchev–Trinajstić information content (AvgIpc) is 3.97. The molecule has 0 aliphatic carbocycles. The smallest absolute Gasteiger partial charge is 0.250 e. The lowest BCUT2D eigenvalue weighted by molar-refractivity contribution is -0.139. The van der Waals surface area contributed by atoms with Crippen LogP contribution in [0.3, 0.4) is 0 Å². The van der Waals surface area contributed by atoms with Crippen LogP contribution in [0.2, 0.25) is 0 Å². The summed E-state index contributed by atoms with van der Waals surface area (Å²) in [6.45, 7) is 16.9. The Hall–Kier alpha value is -5.98. The molecular weight excluding hydrogens is 837 g/mol. The average molecular weight is 897 g/mol. The van der Waals surface area contributed by atoms with Gasteiger partial charge in [-0.3, -0.25) is 19.2 Å². The Bertz CT molecular complexity index is 2310. The third-order valence-electron chi connectivity index (χ3n) is 10.7. The second-order valence-electron chi connectivity index (χ2n) is 18.0. The van der Waals surface area contributed by atoms with Gasteiger partial charge in [-0.15, -0.1) is 22.7 Å². The van der Waals surface area contributed by atoms with Gasteiger partial charge < -0.3 is 20.4 Å². The standard InChI is InChI=1S/C52H60N6O4S2/c1-9-29-57(47(59)45(39-17-13-11-14-18-39)55-49(61)51(3,4)5)33-43-53-31-41(63-43)37-25-21-35(22-26-37)36-23-27-38(28-24-36)42-32-54-44(64-42)34-58(30-10-2)48(60)46(40-19-15-12-16-20-40)56-50(62)52(6,7)8/h11-28,31-32,45-46H,9-10,29-30,33-34H2,1-8H3,(H,55,61)(H,56,62). The van der Waals surface area contributed by atoms with Crippen LogP contribution in [0.5, 0.6) is 0 Å². The van der Waals surface area contributed by atoms with Crippen LogP contribution in [-0.2, 0) is 32.3 Å². The Labute approximate surface area is 386 Å². The van der Waals surface area contributed by atoms with Crippen LogP contribution < -0.4 is 10.6 Å². The van der Waals surface area contributed by atoms with E-state index in [0.29, 0.717) is 26.2 Å². The van der Waals surface area contributed by atoms with E-state index in [0.717, 1.165) is 66.0 Å². The lowest BCUT2D eigenvalue weighted by Gasteiger charge is -2.29. The summed E-state index contributed by atoms with van der Waals surface area (Å²) < 4.78 is 0. The van der Waals surface area contributed by atoms with Gasteiger partial charge in [0.2, 0.25) is 23.6 Å². The number of aromatic nitrogens is 2. The second-order valence-corrected chi connectivity index (χ2v) is 20.3. The highest BCUT2D eigenvalue weighted by molar-refractivity contribution is 7.15. The number of benzene rings is 4. The Balaban J connectivity index is 1.11. The third kappa shape index (κ3) is 12.2. The van der Waals surface area contributed by atoms with Gasteiger partial charge in [0, 0.05) is 36.3 Å². The molecule has 2 aromatic heterocycles. The molecule has 2 heterocycles. The molecule has 2 atom stereocenters. The highest BCUT2D eigenvalue weighted by atomic mass is 32.1. The van der Waals surface area contributed by atoms with Gasteiger partial charge in [0.25, 0.3) is 0 Å².